The average Bonchev–Trinajstić information content (AvgIpc) is 2.86. The minimum atomic E-state index is -4.46. The summed E-state index contributed by atoms with van der Waals surface area (Å²) in [6, 6.07) is 8.77. The van der Waals surface area contributed by atoms with E-state index in [4.69, 9.17) is 0 Å². The van der Waals surface area contributed by atoms with E-state index in [-0.39, 0.29) is 11.6 Å². The lowest BCUT2D eigenvalue weighted by atomic mass is 10.1. The van der Waals surface area contributed by atoms with Crippen LogP contribution >= 0.6 is 0 Å². The number of carbonyl (C=O) groups excluding carboxylic acids is 1. The number of hydrogen-bond donors (Lipinski definition) is 0. The van der Waals surface area contributed by atoms with E-state index in [0.29, 0.717) is 22.6 Å². The minimum absolute atomic E-state index is 0.113. The van der Waals surface area contributed by atoms with Crippen LogP contribution < -0.4 is 0 Å². The summed E-state index contributed by atoms with van der Waals surface area (Å²) in [5.74, 6) is 0.0900. The third kappa shape index (κ3) is 3.42. The number of halogens is 3. The highest BCUT2D eigenvalue weighted by Crippen LogP contribution is 2.31. The zero-order chi connectivity index (χ0) is 18.2. The van der Waals surface area contributed by atoms with Gasteiger partial charge in [-0.25, -0.2) is 4.98 Å². The van der Waals surface area contributed by atoms with Crippen LogP contribution in [0.25, 0.3) is 5.65 Å². The van der Waals surface area contributed by atoms with Gasteiger partial charge in [-0.1, -0.05) is 12.1 Å². The van der Waals surface area contributed by atoms with Crippen LogP contribution in [0.15, 0.2) is 52.8 Å². The number of ketones is 1. The van der Waals surface area contributed by atoms with Crippen molar-refractivity contribution in [2.75, 3.05) is 0 Å². The molecule has 0 saturated heterocycles. The van der Waals surface area contributed by atoms with Gasteiger partial charge < -0.3 is 0 Å². The third-order valence-electron chi connectivity index (χ3n) is 3.60. The van der Waals surface area contributed by atoms with Crippen molar-refractivity contribution in [3.05, 3.63) is 59.4 Å². The number of azo groups is 1. The van der Waals surface area contributed by atoms with E-state index in [9.17, 15) is 18.0 Å². The van der Waals surface area contributed by atoms with Crippen LogP contribution in [0.2, 0.25) is 0 Å². The number of benzene rings is 1. The second-order valence-electron chi connectivity index (χ2n) is 5.47. The first-order valence-corrected chi connectivity index (χ1v) is 7.34. The van der Waals surface area contributed by atoms with E-state index >= 15 is 0 Å². The summed E-state index contributed by atoms with van der Waals surface area (Å²) in [5.41, 5.74) is 0.898. The predicted octanol–water partition coefficient (Wildman–Crippen LogP) is 5.28. The van der Waals surface area contributed by atoms with Crippen LogP contribution in [0, 0.1) is 6.92 Å². The molecule has 0 bridgehead atoms. The summed E-state index contributed by atoms with van der Waals surface area (Å²) in [5, 5.41) is 8.06. The Labute approximate surface area is 140 Å². The van der Waals surface area contributed by atoms with Crippen LogP contribution in [0.1, 0.15) is 28.5 Å². The maximum absolute atomic E-state index is 12.9. The van der Waals surface area contributed by atoms with Crippen molar-refractivity contribution in [2.24, 2.45) is 10.2 Å². The van der Waals surface area contributed by atoms with Gasteiger partial charge in [0.25, 0.3) is 0 Å². The Hall–Kier alpha value is -3.03. The molecule has 0 spiro atoms. The molecule has 8 heteroatoms. The van der Waals surface area contributed by atoms with E-state index in [1.807, 2.05) is 0 Å². The molecular formula is C17H13F3N4O. The van der Waals surface area contributed by atoms with Gasteiger partial charge in [0.1, 0.15) is 5.65 Å². The number of rotatable bonds is 3. The van der Waals surface area contributed by atoms with Gasteiger partial charge in [-0.3, -0.25) is 9.20 Å². The van der Waals surface area contributed by atoms with Gasteiger partial charge in [0.05, 0.1) is 16.9 Å². The molecule has 0 unspecified atom stereocenters. The van der Waals surface area contributed by atoms with Gasteiger partial charge in [-0.2, -0.15) is 13.2 Å². The monoisotopic (exact) mass is 346 g/mol. The summed E-state index contributed by atoms with van der Waals surface area (Å²) in [7, 11) is 0. The van der Waals surface area contributed by atoms with E-state index < -0.39 is 11.7 Å². The number of aryl methyl sites for hydroxylation is 1. The molecule has 25 heavy (non-hydrogen) atoms. The number of alkyl halides is 3. The molecule has 5 nitrogen and oxygen atoms in total. The standard InChI is InChI=1S/C17H13F3N4O/c1-10-16(23-22-14-5-3-4-12(8-14)11(2)25)24-9-13(17(18,19)20)6-7-15(24)21-10/h3-9H,1-2H3. The normalized spacial score (nSPS) is 12.2. The maximum Gasteiger partial charge on any atom is 0.417 e. The second kappa shape index (κ2) is 6.12. The molecule has 0 saturated carbocycles. The summed E-state index contributed by atoms with van der Waals surface area (Å²) in [6.45, 7) is 3.07. The van der Waals surface area contributed by atoms with Crippen molar-refractivity contribution in [3.63, 3.8) is 0 Å². The highest BCUT2D eigenvalue weighted by atomic mass is 19.4. The number of carbonyl (C=O) groups is 1. The fourth-order valence-electron chi connectivity index (χ4n) is 2.33. The quantitative estimate of drug-likeness (QED) is 0.478. The first kappa shape index (κ1) is 16.8. The van der Waals surface area contributed by atoms with Crippen LogP contribution in [0.3, 0.4) is 0 Å². The fraction of sp³-hybridized carbons (Fsp3) is 0.176. The van der Waals surface area contributed by atoms with Crippen LogP contribution in [-0.4, -0.2) is 15.2 Å². The Bertz CT molecular complexity index is 989. The number of hydrogen-bond acceptors (Lipinski definition) is 4. The Morgan fingerprint density at radius 3 is 2.60 bits per heavy atom. The van der Waals surface area contributed by atoms with Gasteiger partial charge in [-0.15, -0.1) is 10.2 Å². The van der Waals surface area contributed by atoms with Gasteiger partial charge in [-0.05, 0) is 38.1 Å². The van der Waals surface area contributed by atoms with E-state index in [1.165, 1.54) is 17.4 Å². The highest BCUT2D eigenvalue weighted by molar-refractivity contribution is 5.94. The highest BCUT2D eigenvalue weighted by Gasteiger charge is 2.31. The first-order valence-electron chi connectivity index (χ1n) is 7.34. The molecule has 3 aromatic rings. The molecule has 0 fully saturated rings. The smallest absolute Gasteiger partial charge is 0.295 e. The number of imidazole rings is 1. The molecule has 2 heterocycles. The summed E-state index contributed by atoms with van der Waals surface area (Å²) in [6.07, 6.45) is -3.52. The van der Waals surface area contributed by atoms with Crippen LogP contribution in [0.4, 0.5) is 24.7 Å². The van der Waals surface area contributed by atoms with Crippen molar-refractivity contribution in [1.82, 2.24) is 9.38 Å². The largest absolute Gasteiger partial charge is 0.417 e. The lowest BCUT2D eigenvalue weighted by Gasteiger charge is -2.06. The molecule has 0 aliphatic carbocycles. The topological polar surface area (TPSA) is 59.1 Å². The molecule has 128 valence electrons. The maximum atomic E-state index is 12.9. The zero-order valence-corrected chi connectivity index (χ0v) is 13.4. The zero-order valence-electron chi connectivity index (χ0n) is 13.4. The van der Waals surface area contributed by atoms with Crippen molar-refractivity contribution < 1.29 is 18.0 Å². The molecular weight excluding hydrogens is 333 g/mol. The second-order valence-corrected chi connectivity index (χ2v) is 5.47. The summed E-state index contributed by atoms with van der Waals surface area (Å²) >= 11 is 0. The van der Waals surface area contributed by atoms with Gasteiger partial charge in [0, 0.05) is 11.8 Å². The van der Waals surface area contributed by atoms with Crippen molar-refractivity contribution in [2.45, 2.75) is 20.0 Å². The van der Waals surface area contributed by atoms with E-state index in [2.05, 4.69) is 15.2 Å². The van der Waals surface area contributed by atoms with Gasteiger partial charge in [0.2, 0.25) is 0 Å². The predicted molar refractivity (Wildman–Crippen MR) is 85.6 cm³/mol. The first-order chi connectivity index (χ1) is 11.8. The lowest BCUT2D eigenvalue weighted by molar-refractivity contribution is -0.137. The van der Waals surface area contributed by atoms with Crippen LogP contribution in [0.5, 0.6) is 0 Å². The molecule has 0 radical (unpaired) electrons. The molecule has 0 N–H and O–H groups in total. The number of Topliss-reactive ketones (excluding diaryl/α,β-unsaturated/α-hetero) is 1. The molecule has 3 rings (SSSR count). The Morgan fingerprint density at radius 2 is 1.92 bits per heavy atom. The SMILES string of the molecule is CC(=O)c1cccc(N=Nc2c(C)nc3ccc(C(F)(F)F)cn23)c1. The average molecular weight is 346 g/mol. The van der Waals surface area contributed by atoms with Gasteiger partial charge >= 0.3 is 6.18 Å². The lowest BCUT2D eigenvalue weighted by Crippen LogP contribution is -2.06. The molecule has 0 aliphatic rings. The Morgan fingerprint density at radius 1 is 1.16 bits per heavy atom. The number of fused-ring (bicyclic) bond motifs is 1. The van der Waals surface area contributed by atoms with E-state index in [0.717, 1.165) is 12.3 Å². The molecule has 0 atom stereocenters. The van der Waals surface area contributed by atoms with Gasteiger partial charge in [0.15, 0.2) is 11.6 Å². The molecule has 0 amide bonds. The minimum Gasteiger partial charge on any atom is -0.295 e. The summed E-state index contributed by atoms with van der Waals surface area (Å²) < 4.78 is 40.0. The van der Waals surface area contributed by atoms with Crippen molar-refractivity contribution in [1.29, 1.82) is 0 Å². The third-order valence-corrected chi connectivity index (χ3v) is 3.60. The Kier molecular flexibility index (Phi) is 4.12. The number of pyridine rings is 1. The molecule has 2 aromatic heterocycles. The number of nitrogens with zero attached hydrogens (tertiary/aromatic N) is 4. The van der Waals surface area contributed by atoms with Crippen molar-refractivity contribution >= 4 is 22.9 Å². The molecule has 1 aromatic carbocycles. The fourth-order valence-corrected chi connectivity index (χ4v) is 2.33. The summed E-state index contributed by atoms with van der Waals surface area (Å²) in [4.78, 5) is 15.6. The number of aromatic nitrogens is 2. The Balaban J connectivity index is 2.04. The van der Waals surface area contributed by atoms with E-state index in [1.54, 1.807) is 31.2 Å². The van der Waals surface area contributed by atoms with Crippen LogP contribution in [-0.2, 0) is 6.18 Å². The molecule has 0 aliphatic heterocycles. The van der Waals surface area contributed by atoms with Crippen molar-refractivity contribution in [3.8, 4) is 0 Å².